The molecule has 1 aromatic carbocycles. The van der Waals surface area contributed by atoms with Crippen LogP contribution >= 0.6 is 0 Å². The van der Waals surface area contributed by atoms with E-state index in [1.54, 1.807) is 0 Å². The van der Waals surface area contributed by atoms with Crippen molar-refractivity contribution in [3.8, 4) is 0 Å². The molecule has 1 atom stereocenters. The van der Waals surface area contributed by atoms with E-state index in [1.165, 1.54) is 50.8 Å². The summed E-state index contributed by atoms with van der Waals surface area (Å²) < 4.78 is 63.5. The fraction of sp³-hybridized carbons (Fsp3) is 0.619. The van der Waals surface area contributed by atoms with E-state index in [-0.39, 0.29) is 0 Å². The molecule has 2 aliphatic rings. The highest BCUT2D eigenvalue weighted by molar-refractivity contribution is 5.73. The van der Waals surface area contributed by atoms with Gasteiger partial charge in [-0.2, -0.15) is 26.3 Å². The fourth-order valence-corrected chi connectivity index (χ4v) is 3.84. The third-order valence-electron chi connectivity index (χ3n) is 5.27. The van der Waals surface area contributed by atoms with Crippen molar-refractivity contribution < 1.29 is 46.1 Å². The average Bonchev–Trinajstić information content (AvgIpc) is 2.76. The summed E-state index contributed by atoms with van der Waals surface area (Å²) in [4.78, 5) is 20.5. The Bertz CT molecular complexity index is 674. The van der Waals surface area contributed by atoms with Crippen LogP contribution in [0.1, 0.15) is 43.7 Å². The standard InChI is InChI=1S/C17H26N2.2C2HF3O2/c1-3-7-15(8-4-1)17(16-9-5-2-6-10-16)19-13-11-18-12-14-19;2*3-2(4,5)1(6)7/h1,3-4,7-8,16-18H,2,5-6,9-14H2;2*(H,6,7). The van der Waals surface area contributed by atoms with Gasteiger partial charge in [0, 0.05) is 32.2 Å². The Morgan fingerprint density at radius 2 is 1.27 bits per heavy atom. The smallest absolute Gasteiger partial charge is 0.475 e. The van der Waals surface area contributed by atoms with Gasteiger partial charge < -0.3 is 15.5 Å². The molecule has 1 unspecified atom stereocenters. The van der Waals surface area contributed by atoms with Gasteiger partial charge in [-0.15, -0.1) is 0 Å². The third kappa shape index (κ3) is 10.9. The van der Waals surface area contributed by atoms with Crippen LogP contribution in [0, 0.1) is 5.92 Å². The van der Waals surface area contributed by atoms with Crippen LogP contribution in [0.5, 0.6) is 0 Å². The van der Waals surface area contributed by atoms with Gasteiger partial charge in [-0.3, -0.25) is 4.90 Å². The fourth-order valence-electron chi connectivity index (χ4n) is 3.84. The molecule has 1 heterocycles. The van der Waals surface area contributed by atoms with Gasteiger partial charge in [-0.25, -0.2) is 9.59 Å². The molecule has 1 aliphatic heterocycles. The summed E-state index contributed by atoms with van der Waals surface area (Å²) in [5.74, 6) is -4.64. The number of aliphatic carboxylic acids is 2. The first-order chi connectivity index (χ1) is 15.3. The topological polar surface area (TPSA) is 89.9 Å². The molecule has 33 heavy (non-hydrogen) atoms. The van der Waals surface area contributed by atoms with E-state index < -0.39 is 24.3 Å². The van der Waals surface area contributed by atoms with Crippen LogP contribution in [0.2, 0.25) is 0 Å². The molecule has 0 radical (unpaired) electrons. The van der Waals surface area contributed by atoms with Crippen LogP contribution < -0.4 is 5.32 Å². The summed E-state index contributed by atoms with van der Waals surface area (Å²) in [5.41, 5.74) is 1.54. The first-order valence-electron chi connectivity index (χ1n) is 10.4. The molecule has 1 aliphatic carbocycles. The molecule has 2 fully saturated rings. The maximum absolute atomic E-state index is 10.6. The molecule has 188 valence electrons. The van der Waals surface area contributed by atoms with Gasteiger partial charge >= 0.3 is 24.3 Å². The summed E-state index contributed by atoms with van der Waals surface area (Å²) in [7, 11) is 0. The Kier molecular flexibility index (Phi) is 11.6. The lowest BCUT2D eigenvalue weighted by atomic mass is 9.80. The Morgan fingerprint density at radius 3 is 1.67 bits per heavy atom. The van der Waals surface area contributed by atoms with Crippen molar-refractivity contribution in [3.05, 3.63) is 35.9 Å². The second-order valence-electron chi connectivity index (χ2n) is 7.65. The van der Waals surface area contributed by atoms with E-state index in [2.05, 4.69) is 40.5 Å². The van der Waals surface area contributed by atoms with E-state index in [1.807, 2.05) is 0 Å². The van der Waals surface area contributed by atoms with E-state index in [9.17, 15) is 26.3 Å². The van der Waals surface area contributed by atoms with Crippen molar-refractivity contribution in [2.45, 2.75) is 50.5 Å². The normalized spacial score (nSPS) is 18.7. The van der Waals surface area contributed by atoms with Gasteiger partial charge in [-0.05, 0) is 24.3 Å². The molecule has 1 aromatic rings. The lowest BCUT2D eigenvalue weighted by Crippen LogP contribution is -2.47. The number of rotatable bonds is 3. The molecule has 3 N–H and O–H groups in total. The molecule has 12 heteroatoms. The van der Waals surface area contributed by atoms with Crippen LogP contribution in [-0.4, -0.2) is 65.6 Å². The predicted octanol–water partition coefficient (Wildman–Crippen LogP) is 4.48. The molecule has 0 aromatic heterocycles. The number of carboxylic acid groups (broad SMARTS) is 2. The van der Waals surface area contributed by atoms with Crippen molar-refractivity contribution in [1.82, 2.24) is 10.2 Å². The molecule has 0 amide bonds. The van der Waals surface area contributed by atoms with Crippen molar-refractivity contribution in [1.29, 1.82) is 0 Å². The van der Waals surface area contributed by atoms with Crippen LogP contribution in [-0.2, 0) is 9.59 Å². The number of alkyl halides is 6. The van der Waals surface area contributed by atoms with Gasteiger partial charge in [0.25, 0.3) is 0 Å². The zero-order chi connectivity index (χ0) is 25.1. The number of nitrogens with one attached hydrogen (secondary N) is 1. The number of carboxylic acids is 2. The Morgan fingerprint density at radius 1 is 0.848 bits per heavy atom. The SMILES string of the molecule is O=C(O)C(F)(F)F.O=C(O)C(F)(F)F.c1ccc(C(C2CCCCC2)N2CCNCC2)cc1. The minimum Gasteiger partial charge on any atom is -0.475 e. The van der Waals surface area contributed by atoms with Crippen molar-refractivity contribution in [2.75, 3.05) is 26.2 Å². The number of nitrogens with zero attached hydrogens (tertiary/aromatic N) is 1. The second-order valence-corrected chi connectivity index (χ2v) is 7.65. The summed E-state index contributed by atoms with van der Waals surface area (Å²) >= 11 is 0. The first-order valence-corrected chi connectivity index (χ1v) is 10.4. The number of carbonyl (C=O) groups is 2. The highest BCUT2D eigenvalue weighted by atomic mass is 19.4. The van der Waals surface area contributed by atoms with Crippen molar-refractivity contribution in [3.63, 3.8) is 0 Å². The van der Waals surface area contributed by atoms with Gasteiger partial charge in [0.05, 0.1) is 0 Å². The van der Waals surface area contributed by atoms with Crippen LogP contribution in [0.3, 0.4) is 0 Å². The van der Waals surface area contributed by atoms with Crippen molar-refractivity contribution in [2.24, 2.45) is 5.92 Å². The average molecular weight is 486 g/mol. The quantitative estimate of drug-likeness (QED) is 0.546. The summed E-state index contributed by atoms with van der Waals surface area (Å²) in [6.07, 6.45) is -3.02. The monoisotopic (exact) mass is 486 g/mol. The molecule has 1 saturated carbocycles. The molecular formula is C21H28F6N2O4. The Labute approximate surface area is 187 Å². The number of piperazine rings is 1. The molecular weight excluding hydrogens is 458 g/mol. The zero-order valence-corrected chi connectivity index (χ0v) is 17.8. The van der Waals surface area contributed by atoms with E-state index >= 15 is 0 Å². The first kappa shape index (κ1) is 28.7. The molecule has 6 nitrogen and oxygen atoms in total. The Balaban J connectivity index is 0.000000324. The highest BCUT2D eigenvalue weighted by Crippen LogP contribution is 2.38. The number of hydrogen-bond acceptors (Lipinski definition) is 4. The maximum atomic E-state index is 10.6. The highest BCUT2D eigenvalue weighted by Gasteiger charge is 2.39. The van der Waals surface area contributed by atoms with Gasteiger partial charge in [-0.1, -0.05) is 49.6 Å². The molecule has 1 saturated heterocycles. The van der Waals surface area contributed by atoms with Gasteiger partial charge in [0.2, 0.25) is 0 Å². The van der Waals surface area contributed by atoms with Crippen molar-refractivity contribution >= 4 is 11.9 Å². The molecule has 0 spiro atoms. The number of hydrogen-bond donors (Lipinski definition) is 3. The summed E-state index contributed by atoms with van der Waals surface area (Å²) in [6, 6.07) is 11.9. The third-order valence-corrected chi connectivity index (χ3v) is 5.27. The van der Waals surface area contributed by atoms with E-state index in [0.29, 0.717) is 6.04 Å². The van der Waals surface area contributed by atoms with Crippen LogP contribution in [0.4, 0.5) is 26.3 Å². The lowest BCUT2D eigenvalue weighted by molar-refractivity contribution is -0.193. The van der Waals surface area contributed by atoms with Crippen LogP contribution in [0.25, 0.3) is 0 Å². The second kappa shape index (κ2) is 13.4. The minimum atomic E-state index is -5.08. The van der Waals surface area contributed by atoms with Crippen LogP contribution in [0.15, 0.2) is 30.3 Å². The zero-order valence-electron chi connectivity index (χ0n) is 17.8. The van der Waals surface area contributed by atoms with Gasteiger partial charge in [0.1, 0.15) is 0 Å². The summed E-state index contributed by atoms with van der Waals surface area (Å²) in [5, 5.41) is 17.7. The van der Waals surface area contributed by atoms with Gasteiger partial charge in [0.15, 0.2) is 0 Å². The van der Waals surface area contributed by atoms with E-state index in [4.69, 9.17) is 19.8 Å². The summed E-state index contributed by atoms with van der Waals surface area (Å²) in [6.45, 7) is 4.71. The predicted molar refractivity (Wildman–Crippen MR) is 108 cm³/mol. The maximum Gasteiger partial charge on any atom is 0.490 e. The number of halogens is 6. The number of benzene rings is 1. The lowest BCUT2D eigenvalue weighted by Gasteiger charge is -2.41. The largest absolute Gasteiger partial charge is 0.490 e. The van der Waals surface area contributed by atoms with E-state index in [0.717, 1.165) is 19.0 Å². The Hall–Kier alpha value is -2.34. The minimum absolute atomic E-state index is 0.656. The molecule has 0 bridgehead atoms. The molecule has 3 rings (SSSR count).